The highest BCUT2D eigenvalue weighted by Gasteiger charge is 2.10. The summed E-state index contributed by atoms with van der Waals surface area (Å²) in [7, 11) is 0. The van der Waals surface area contributed by atoms with E-state index in [4.69, 9.17) is 20.9 Å². The number of halogens is 1. The number of carbonyl (C=O) groups excluding carboxylic acids is 1. The number of Topliss-reactive ketones (excluding diaryl/α,β-unsaturated/α-hetero) is 1. The highest BCUT2D eigenvalue weighted by molar-refractivity contribution is 6.31. The first-order chi connectivity index (χ1) is 8.56. The lowest BCUT2D eigenvalue weighted by Gasteiger charge is -2.08. The maximum atomic E-state index is 11.5. The molecule has 0 aliphatic carbocycles. The van der Waals surface area contributed by atoms with Crippen molar-refractivity contribution in [3.63, 3.8) is 0 Å². The summed E-state index contributed by atoms with van der Waals surface area (Å²) < 4.78 is 10.6. The summed E-state index contributed by atoms with van der Waals surface area (Å²) in [5, 5.41) is 4.26. The van der Waals surface area contributed by atoms with E-state index in [2.05, 4.69) is 5.16 Å². The fourth-order valence-electron chi connectivity index (χ4n) is 1.54. The molecule has 0 unspecified atom stereocenters. The van der Waals surface area contributed by atoms with E-state index in [0.717, 1.165) is 5.69 Å². The second-order valence-electron chi connectivity index (χ2n) is 3.92. The number of benzene rings is 1. The van der Waals surface area contributed by atoms with Crippen LogP contribution < -0.4 is 4.74 Å². The molecule has 1 aromatic carbocycles. The van der Waals surface area contributed by atoms with Crippen LogP contribution in [0.3, 0.4) is 0 Å². The lowest BCUT2D eigenvalue weighted by atomic mass is 10.1. The van der Waals surface area contributed by atoms with Crippen LogP contribution in [0.5, 0.6) is 5.75 Å². The van der Waals surface area contributed by atoms with E-state index in [-0.39, 0.29) is 12.4 Å². The second kappa shape index (κ2) is 5.23. The molecular formula is C13H12ClNO3. The normalized spacial score (nSPS) is 10.4. The molecule has 0 spiro atoms. The minimum Gasteiger partial charge on any atom is -0.485 e. The molecule has 0 aliphatic heterocycles. The van der Waals surface area contributed by atoms with Gasteiger partial charge in [-0.25, -0.2) is 0 Å². The van der Waals surface area contributed by atoms with Crippen LogP contribution in [0.1, 0.15) is 28.7 Å². The highest BCUT2D eigenvalue weighted by atomic mass is 35.5. The Morgan fingerprint density at radius 3 is 2.83 bits per heavy atom. The van der Waals surface area contributed by atoms with Crippen molar-refractivity contribution in [2.24, 2.45) is 0 Å². The van der Waals surface area contributed by atoms with E-state index in [1.165, 1.54) is 6.92 Å². The minimum atomic E-state index is -0.0961. The third-order valence-electron chi connectivity index (χ3n) is 2.37. The first-order valence-electron chi connectivity index (χ1n) is 5.42. The number of hydrogen-bond donors (Lipinski definition) is 0. The molecule has 0 saturated carbocycles. The van der Waals surface area contributed by atoms with Crippen LogP contribution in [-0.4, -0.2) is 10.9 Å². The average Bonchev–Trinajstić information content (AvgIpc) is 2.73. The Bertz CT molecular complexity index is 577. The standard InChI is InChI=1S/C13H12ClNO3/c1-8-5-11(18-15-8)7-17-13-4-3-10(14)6-12(13)9(2)16/h3-6H,7H2,1-2H3. The summed E-state index contributed by atoms with van der Waals surface area (Å²) in [6.45, 7) is 3.52. The molecule has 0 atom stereocenters. The number of aryl methyl sites for hydroxylation is 1. The monoisotopic (exact) mass is 265 g/mol. The molecule has 0 radical (unpaired) electrons. The van der Waals surface area contributed by atoms with E-state index < -0.39 is 0 Å². The Kier molecular flexibility index (Phi) is 3.67. The molecule has 0 fully saturated rings. The second-order valence-corrected chi connectivity index (χ2v) is 4.36. The van der Waals surface area contributed by atoms with Gasteiger partial charge in [0.1, 0.15) is 12.4 Å². The van der Waals surface area contributed by atoms with Gasteiger partial charge in [0.25, 0.3) is 0 Å². The lowest BCUT2D eigenvalue weighted by Crippen LogP contribution is -2.01. The molecule has 94 valence electrons. The number of aromatic nitrogens is 1. The van der Waals surface area contributed by atoms with Crippen molar-refractivity contribution in [2.75, 3.05) is 0 Å². The number of ether oxygens (including phenoxy) is 1. The van der Waals surface area contributed by atoms with Gasteiger partial charge in [-0.1, -0.05) is 16.8 Å². The van der Waals surface area contributed by atoms with E-state index >= 15 is 0 Å². The molecule has 4 nitrogen and oxygen atoms in total. The fourth-order valence-corrected chi connectivity index (χ4v) is 1.71. The molecule has 0 N–H and O–H groups in total. The maximum absolute atomic E-state index is 11.5. The molecule has 0 aliphatic rings. The third-order valence-corrected chi connectivity index (χ3v) is 2.60. The summed E-state index contributed by atoms with van der Waals surface area (Å²) in [4.78, 5) is 11.5. The zero-order valence-corrected chi connectivity index (χ0v) is 10.8. The van der Waals surface area contributed by atoms with E-state index in [0.29, 0.717) is 22.1 Å². The summed E-state index contributed by atoms with van der Waals surface area (Å²) in [5.41, 5.74) is 1.25. The molecule has 2 rings (SSSR count). The van der Waals surface area contributed by atoms with Crippen molar-refractivity contribution in [1.29, 1.82) is 0 Å². The predicted octanol–water partition coefficient (Wildman–Crippen LogP) is 3.42. The Labute approximate surface area is 109 Å². The molecular weight excluding hydrogens is 254 g/mol. The largest absolute Gasteiger partial charge is 0.485 e. The molecule has 0 amide bonds. The summed E-state index contributed by atoms with van der Waals surface area (Å²) in [6, 6.07) is 6.71. The molecule has 1 aromatic heterocycles. The van der Waals surface area contributed by atoms with Gasteiger partial charge in [-0.05, 0) is 32.0 Å². The van der Waals surface area contributed by atoms with Gasteiger partial charge in [-0.2, -0.15) is 0 Å². The highest BCUT2D eigenvalue weighted by Crippen LogP contribution is 2.24. The van der Waals surface area contributed by atoms with E-state index in [1.807, 2.05) is 6.92 Å². The Balaban J connectivity index is 2.16. The first kappa shape index (κ1) is 12.6. The number of carbonyl (C=O) groups is 1. The van der Waals surface area contributed by atoms with Gasteiger partial charge >= 0.3 is 0 Å². The predicted molar refractivity (Wildman–Crippen MR) is 67.0 cm³/mol. The van der Waals surface area contributed by atoms with Crippen molar-refractivity contribution in [3.8, 4) is 5.75 Å². The van der Waals surface area contributed by atoms with Gasteiger partial charge in [0.2, 0.25) is 0 Å². The van der Waals surface area contributed by atoms with E-state index in [1.54, 1.807) is 24.3 Å². The SMILES string of the molecule is CC(=O)c1cc(Cl)ccc1OCc1cc(C)no1. The lowest BCUT2D eigenvalue weighted by molar-refractivity contribution is 0.101. The zero-order chi connectivity index (χ0) is 13.1. The van der Waals surface area contributed by atoms with Crippen LogP contribution in [0, 0.1) is 6.92 Å². The summed E-state index contributed by atoms with van der Waals surface area (Å²) >= 11 is 5.85. The first-order valence-corrected chi connectivity index (χ1v) is 5.79. The van der Waals surface area contributed by atoms with Gasteiger partial charge in [-0.3, -0.25) is 4.79 Å². The Morgan fingerprint density at radius 1 is 1.44 bits per heavy atom. The number of ketones is 1. The van der Waals surface area contributed by atoms with Crippen molar-refractivity contribution in [3.05, 3.63) is 46.3 Å². The van der Waals surface area contributed by atoms with Crippen LogP contribution in [0.15, 0.2) is 28.8 Å². The number of hydrogen-bond acceptors (Lipinski definition) is 4. The summed E-state index contributed by atoms with van der Waals surface area (Å²) in [5.74, 6) is 0.999. The molecule has 2 aromatic rings. The van der Waals surface area contributed by atoms with Gasteiger partial charge in [0, 0.05) is 11.1 Å². The molecule has 5 heteroatoms. The minimum absolute atomic E-state index is 0.0961. The van der Waals surface area contributed by atoms with Crippen LogP contribution >= 0.6 is 11.6 Å². The van der Waals surface area contributed by atoms with Gasteiger partial charge in [0.05, 0.1) is 11.3 Å². The average molecular weight is 266 g/mol. The Morgan fingerprint density at radius 2 is 2.22 bits per heavy atom. The number of rotatable bonds is 4. The van der Waals surface area contributed by atoms with Crippen molar-refractivity contribution in [2.45, 2.75) is 20.5 Å². The molecule has 0 saturated heterocycles. The maximum Gasteiger partial charge on any atom is 0.174 e. The molecule has 18 heavy (non-hydrogen) atoms. The summed E-state index contributed by atoms with van der Waals surface area (Å²) in [6.07, 6.45) is 0. The van der Waals surface area contributed by atoms with Crippen molar-refractivity contribution >= 4 is 17.4 Å². The number of nitrogens with zero attached hydrogens (tertiary/aromatic N) is 1. The smallest absolute Gasteiger partial charge is 0.174 e. The fraction of sp³-hybridized carbons (Fsp3) is 0.231. The third kappa shape index (κ3) is 2.90. The van der Waals surface area contributed by atoms with Crippen LogP contribution in [-0.2, 0) is 6.61 Å². The molecule has 0 bridgehead atoms. The zero-order valence-electron chi connectivity index (χ0n) is 10.1. The van der Waals surface area contributed by atoms with E-state index in [9.17, 15) is 4.79 Å². The van der Waals surface area contributed by atoms with Crippen molar-refractivity contribution < 1.29 is 14.1 Å². The quantitative estimate of drug-likeness (QED) is 0.795. The van der Waals surface area contributed by atoms with Gasteiger partial charge < -0.3 is 9.26 Å². The topological polar surface area (TPSA) is 52.3 Å². The molecule has 1 heterocycles. The van der Waals surface area contributed by atoms with Crippen molar-refractivity contribution in [1.82, 2.24) is 5.16 Å². The van der Waals surface area contributed by atoms with Gasteiger partial charge in [-0.15, -0.1) is 0 Å². The Hall–Kier alpha value is -1.81. The van der Waals surface area contributed by atoms with Gasteiger partial charge in [0.15, 0.2) is 11.5 Å². The van der Waals surface area contributed by atoms with Crippen LogP contribution in [0.2, 0.25) is 5.02 Å². The van der Waals surface area contributed by atoms with Crippen LogP contribution in [0.25, 0.3) is 0 Å². The van der Waals surface area contributed by atoms with Crippen LogP contribution in [0.4, 0.5) is 0 Å².